The molecule has 27 heavy (non-hydrogen) atoms. The van der Waals surface area contributed by atoms with Crippen molar-refractivity contribution in [1.29, 1.82) is 0 Å². The summed E-state index contributed by atoms with van der Waals surface area (Å²) in [5.41, 5.74) is 5.51. The van der Waals surface area contributed by atoms with Crippen LogP contribution in [0.25, 0.3) is 22.6 Å². The lowest BCUT2D eigenvalue weighted by Crippen LogP contribution is -2.15. The molecule has 7 heteroatoms. The molecule has 1 aliphatic carbocycles. The molecule has 6 nitrogen and oxygen atoms in total. The lowest BCUT2D eigenvalue weighted by Gasteiger charge is -2.21. The second-order valence-corrected chi connectivity index (χ2v) is 8.14. The van der Waals surface area contributed by atoms with Crippen LogP contribution in [0.3, 0.4) is 0 Å². The quantitative estimate of drug-likeness (QED) is 0.588. The Morgan fingerprint density at radius 3 is 2.85 bits per heavy atom. The minimum absolute atomic E-state index is 0.389. The summed E-state index contributed by atoms with van der Waals surface area (Å²) in [6, 6.07) is 3.73. The fourth-order valence-corrected chi connectivity index (χ4v) is 4.57. The van der Waals surface area contributed by atoms with E-state index in [-0.39, 0.29) is 5.97 Å². The number of hydrogen-bond donors (Lipinski definition) is 0. The average molecular weight is 431 g/mol. The number of esters is 1. The Morgan fingerprint density at radius 2 is 2.15 bits per heavy atom. The third-order valence-corrected chi connectivity index (χ3v) is 6.16. The normalized spacial score (nSPS) is 16.6. The first-order chi connectivity index (χ1) is 12.9. The number of rotatable bonds is 3. The molecule has 0 spiro atoms. The van der Waals surface area contributed by atoms with Crippen molar-refractivity contribution in [1.82, 2.24) is 19.3 Å². The largest absolute Gasteiger partial charge is 0.465 e. The van der Waals surface area contributed by atoms with Crippen molar-refractivity contribution in [3.63, 3.8) is 0 Å². The van der Waals surface area contributed by atoms with Crippen molar-refractivity contribution in [3.8, 4) is 11.5 Å². The average Bonchev–Trinajstić information content (AvgIpc) is 3.17. The molecule has 0 bridgehead atoms. The summed E-state index contributed by atoms with van der Waals surface area (Å²) in [7, 11) is 5.37. The summed E-state index contributed by atoms with van der Waals surface area (Å²) in [6.45, 7) is 2.25. The van der Waals surface area contributed by atoms with Crippen molar-refractivity contribution in [2.24, 2.45) is 20.0 Å². The first kappa shape index (κ1) is 18.2. The third-order valence-electron chi connectivity index (χ3n) is 5.70. The van der Waals surface area contributed by atoms with Crippen LogP contribution in [-0.4, -0.2) is 32.4 Å². The minimum Gasteiger partial charge on any atom is -0.465 e. The number of nitrogens with zero attached hydrogens (tertiary/aromatic N) is 4. The topological polar surface area (TPSA) is 61.9 Å². The summed E-state index contributed by atoms with van der Waals surface area (Å²) < 4.78 is 9.78. The van der Waals surface area contributed by atoms with Gasteiger partial charge < -0.3 is 9.30 Å². The van der Waals surface area contributed by atoms with Gasteiger partial charge in [-0.1, -0.05) is 29.3 Å². The Hall–Kier alpha value is -2.15. The number of carbonyl (C=O) groups excluding carboxylic acids is 1. The molecule has 0 saturated heterocycles. The van der Waals surface area contributed by atoms with Crippen LogP contribution >= 0.6 is 15.9 Å². The maximum atomic E-state index is 12.2. The molecule has 4 rings (SSSR count). The SMILES string of the molecule is CC[C@H]1CCc2c(c(-c3nc4c(C(=O)OC)cc(Br)cc4n3C)nn2C)C1. The van der Waals surface area contributed by atoms with Crippen LogP contribution in [-0.2, 0) is 31.7 Å². The molecule has 0 N–H and O–H groups in total. The number of aryl methyl sites for hydroxylation is 2. The highest BCUT2D eigenvalue weighted by Gasteiger charge is 2.28. The summed E-state index contributed by atoms with van der Waals surface area (Å²) in [5, 5.41) is 4.81. The van der Waals surface area contributed by atoms with Crippen LogP contribution in [0, 0.1) is 5.92 Å². The van der Waals surface area contributed by atoms with E-state index in [1.807, 2.05) is 29.4 Å². The number of imidazole rings is 1. The second kappa shape index (κ2) is 6.78. The number of carbonyl (C=O) groups is 1. The second-order valence-electron chi connectivity index (χ2n) is 7.22. The smallest absolute Gasteiger partial charge is 0.340 e. The summed E-state index contributed by atoms with van der Waals surface area (Å²) in [4.78, 5) is 17.1. The monoisotopic (exact) mass is 430 g/mol. The highest BCUT2D eigenvalue weighted by molar-refractivity contribution is 9.10. The van der Waals surface area contributed by atoms with Gasteiger partial charge in [0.15, 0.2) is 5.82 Å². The lowest BCUT2D eigenvalue weighted by atomic mass is 9.85. The highest BCUT2D eigenvalue weighted by Crippen LogP contribution is 2.36. The third kappa shape index (κ3) is 2.88. The Balaban J connectivity index is 1.94. The van der Waals surface area contributed by atoms with Gasteiger partial charge in [0.2, 0.25) is 0 Å². The van der Waals surface area contributed by atoms with Crippen molar-refractivity contribution in [3.05, 3.63) is 33.4 Å². The molecule has 3 aromatic rings. The predicted molar refractivity (Wildman–Crippen MR) is 108 cm³/mol. The molecule has 0 fully saturated rings. The molecule has 2 aromatic heterocycles. The van der Waals surface area contributed by atoms with E-state index in [0.29, 0.717) is 17.0 Å². The van der Waals surface area contributed by atoms with Gasteiger partial charge in [-0.3, -0.25) is 4.68 Å². The maximum absolute atomic E-state index is 12.2. The van der Waals surface area contributed by atoms with E-state index in [0.717, 1.165) is 34.3 Å². The van der Waals surface area contributed by atoms with E-state index < -0.39 is 0 Å². The van der Waals surface area contributed by atoms with Crippen LogP contribution in [0.2, 0.25) is 0 Å². The first-order valence-corrected chi connectivity index (χ1v) is 10.0. The minimum atomic E-state index is -0.389. The molecule has 2 heterocycles. The van der Waals surface area contributed by atoms with Crippen LogP contribution in [0.15, 0.2) is 16.6 Å². The van der Waals surface area contributed by atoms with Gasteiger partial charge in [-0.2, -0.15) is 5.10 Å². The van der Waals surface area contributed by atoms with Crippen molar-refractivity contribution >= 4 is 32.9 Å². The summed E-state index contributed by atoms with van der Waals surface area (Å²) in [5.74, 6) is 1.09. The Kier molecular flexibility index (Phi) is 4.58. The molecule has 142 valence electrons. The number of benzene rings is 1. The lowest BCUT2D eigenvalue weighted by molar-refractivity contribution is 0.0602. The summed E-state index contributed by atoms with van der Waals surface area (Å²) in [6.07, 6.45) is 4.48. The molecule has 0 radical (unpaired) electrons. The van der Waals surface area contributed by atoms with Crippen molar-refractivity contribution in [2.75, 3.05) is 7.11 Å². The molecule has 1 aromatic carbocycles. The molecular formula is C20H23BrN4O2. The number of halogens is 1. The first-order valence-electron chi connectivity index (χ1n) is 9.24. The van der Waals surface area contributed by atoms with E-state index in [9.17, 15) is 4.79 Å². The van der Waals surface area contributed by atoms with Crippen LogP contribution < -0.4 is 0 Å². The summed E-state index contributed by atoms with van der Waals surface area (Å²) >= 11 is 3.49. The van der Waals surface area contributed by atoms with E-state index in [1.54, 1.807) is 6.07 Å². The van der Waals surface area contributed by atoms with E-state index in [4.69, 9.17) is 14.8 Å². The van der Waals surface area contributed by atoms with E-state index in [1.165, 1.54) is 31.2 Å². The molecule has 1 atom stereocenters. The zero-order valence-corrected chi connectivity index (χ0v) is 17.6. The number of ether oxygens (including phenoxy) is 1. The zero-order chi connectivity index (χ0) is 19.3. The van der Waals surface area contributed by atoms with Gasteiger partial charge in [0.05, 0.1) is 18.2 Å². The Labute approximate surface area is 166 Å². The molecule has 0 unspecified atom stereocenters. The predicted octanol–water partition coefficient (Wildman–Crippen LogP) is 4.04. The van der Waals surface area contributed by atoms with Gasteiger partial charge in [0.25, 0.3) is 0 Å². The van der Waals surface area contributed by atoms with Crippen molar-refractivity contribution < 1.29 is 9.53 Å². The molecular weight excluding hydrogens is 408 g/mol. The number of methoxy groups -OCH3 is 1. The van der Waals surface area contributed by atoms with E-state index in [2.05, 4.69) is 22.9 Å². The molecule has 0 saturated carbocycles. The van der Waals surface area contributed by atoms with Gasteiger partial charge in [-0.05, 0) is 37.3 Å². The van der Waals surface area contributed by atoms with Gasteiger partial charge in [0, 0.05) is 29.8 Å². The van der Waals surface area contributed by atoms with Gasteiger partial charge in [-0.15, -0.1) is 0 Å². The maximum Gasteiger partial charge on any atom is 0.340 e. The zero-order valence-electron chi connectivity index (χ0n) is 16.0. The molecule has 0 amide bonds. The van der Waals surface area contributed by atoms with Gasteiger partial charge >= 0.3 is 5.97 Å². The Morgan fingerprint density at radius 1 is 1.37 bits per heavy atom. The van der Waals surface area contributed by atoms with Crippen LogP contribution in [0.4, 0.5) is 0 Å². The van der Waals surface area contributed by atoms with Crippen molar-refractivity contribution in [2.45, 2.75) is 32.6 Å². The number of fused-ring (bicyclic) bond motifs is 2. The van der Waals surface area contributed by atoms with Gasteiger partial charge in [-0.25, -0.2) is 9.78 Å². The number of aromatic nitrogens is 4. The molecule has 1 aliphatic rings. The standard InChI is InChI=1S/C20H23BrN4O2/c1-5-11-6-7-15-13(8-11)18(23-25(15)3)19-22-17-14(20(26)27-4)9-12(21)10-16(17)24(19)2/h9-11H,5-8H2,1-4H3/t11-/m0/s1. The fraction of sp³-hybridized carbons (Fsp3) is 0.450. The van der Waals surface area contributed by atoms with Crippen LogP contribution in [0.1, 0.15) is 41.4 Å². The highest BCUT2D eigenvalue weighted by atomic mass is 79.9. The fourth-order valence-electron chi connectivity index (χ4n) is 4.12. The number of hydrogen-bond acceptors (Lipinski definition) is 4. The van der Waals surface area contributed by atoms with E-state index >= 15 is 0 Å². The van der Waals surface area contributed by atoms with Gasteiger partial charge in [0.1, 0.15) is 11.2 Å². The van der Waals surface area contributed by atoms with Crippen LogP contribution in [0.5, 0.6) is 0 Å². The molecule has 0 aliphatic heterocycles. The Bertz CT molecular complexity index is 1050.